The maximum atomic E-state index is 11.5. The van der Waals surface area contributed by atoms with Crippen LogP contribution < -0.4 is 0 Å². The molecular formula is C18H21ClN2O5. The van der Waals surface area contributed by atoms with Crippen LogP contribution in [0.3, 0.4) is 0 Å². The zero-order chi connectivity index (χ0) is 19.3. The van der Waals surface area contributed by atoms with Gasteiger partial charge in [0.15, 0.2) is 5.76 Å². The highest BCUT2D eigenvalue weighted by atomic mass is 35.5. The average Bonchev–Trinajstić information content (AvgIpc) is 3.02. The Kier molecular flexibility index (Phi) is 6.63. The number of benzene rings is 1. The van der Waals surface area contributed by atoms with Gasteiger partial charge in [-0.1, -0.05) is 30.6 Å². The largest absolute Gasteiger partial charge is 0.480 e. The SMILES string of the molecule is CC(C)CC(C(=O)O)N(CCc1cc(-c2ccc(Cl)cc2)on1)C(=O)O. The lowest BCUT2D eigenvalue weighted by molar-refractivity contribution is -0.143. The lowest BCUT2D eigenvalue weighted by Crippen LogP contribution is -2.46. The van der Waals surface area contributed by atoms with Gasteiger partial charge in [0.1, 0.15) is 6.04 Å². The van der Waals surface area contributed by atoms with Crippen molar-refractivity contribution < 1.29 is 24.3 Å². The van der Waals surface area contributed by atoms with Crippen LogP contribution in [0.1, 0.15) is 26.0 Å². The van der Waals surface area contributed by atoms with Crippen LogP contribution in [0, 0.1) is 5.92 Å². The summed E-state index contributed by atoms with van der Waals surface area (Å²) in [6.07, 6.45) is -0.763. The number of hydrogen-bond donors (Lipinski definition) is 2. The van der Waals surface area contributed by atoms with Crippen LogP contribution in [0.15, 0.2) is 34.9 Å². The second-order valence-electron chi connectivity index (χ2n) is 6.40. The molecule has 1 aromatic carbocycles. The normalized spacial score (nSPS) is 12.2. The summed E-state index contributed by atoms with van der Waals surface area (Å²) in [4.78, 5) is 23.9. The average molecular weight is 381 g/mol. The second-order valence-corrected chi connectivity index (χ2v) is 6.84. The Morgan fingerprint density at radius 2 is 1.88 bits per heavy atom. The molecule has 7 nitrogen and oxygen atoms in total. The predicted molar refractivity (Wildman–Crippen MR) is 96.3 cm³/mol. The van der Waals surface area contributed by atoms with E-state index in [0.717, 1.165) is 10.5 Å². The van der Waals surface area contributed by atoms with Crippen LogP contribution >= 0.6 is 11.6 Å². The summed E-state index contributed by atoms with van der Waals surface area (Å²) in [6, 6.07) is 7.67. The summed E-state index contributed by atoms with van der Waals surface area (Å²) in [7, 11) is 0. The van der Waals surface area contributed by atoms with E-state index in [1.54, 1.807) is 30.3 Å². The van der Waals surface area contributed by atoms with Crippen LogP contribution in [0.25, 0.3) is 11.3 Å². The molecule has 2 aromatic rings. The van der Waals surface area contributed by atoms with Crippen molar-refractivity contribution in [3.05, 3.63) is 41.0 Å². The Hall–Kier alpha value is -2.54. The first-order valence-corrected chi connectivity index (χ1v) is 8.59. The molecular weight excluding hydrogens is 360 g/mol. The Labute approximate surface area is 156 Å². The number of rotatable bonds is 8. The number of amides is 1. The molecule has 0 aliphatic carbocycles. The van der Waals surface area contributed by atoms with E-state index in [1.165, 1.54) is 0 Å². The van der Waals surface area contributed by atoms with Crippen molar-refractivity contribution in [1.82, 2.24) is 10.1 Å². The van der Waals surface area contributed by atoms with Gasteiger partial charge in [0.2, 0.25) is 0 Å². The van der Waals surface area contributed by atoms with Crippen LogP contribution in [0.2, 0.25) is 5.02 Å². The fraction of sp³-hybridized carbons (Fsp3) is 0.389. The van der Waals surface area contributed by atoms with Gasteiger partial charge in [0.05, 0.1) is 5.69 Å². The first kappa shape index (κ1) is 19.8. The Morgan fingerprint density at radius 1 is 1.23 bits per heavy atom. The van der Waals surface area contributed by atoms with E-state index in [0.29, 0.717) is 16.5 Å². The number of carbonyl (C=O) groups is 2. The molecule has 0 saturated heterocycles. The van der Waals surface area contributed by atoms with E-state index in [2.05, 4.69) is 5.16 Å². The number of nitrogens with zero attached hydrogens (tertiary/aromatic N) is 2. The van der Waals surface area contributed by atoms with Gasteiger partial charge < -0.3 is 14.7 Å². The quantitative estimate of drug-likeness (QED) is 0.716. The van der Waals surface area contributed by atoms with Gasteiger partial charge in [-0.15, -0.1) is 0 Å². The van der Waals surface area contributed by atoms with Gasteiger partial charge in [-0.05, 0) is 36.6 Å². The zero-order valence-electron chi connectivity index (χ0n) is 14.6. The molecule has 140 valence electrons. The maximum Gasteiger partial charge on any atom is 0.408 e. The molecule has 2 rings (SSSR count). The number of carboxylic acid groups (broad SMARTS) is 2. The third kappa shape index (κ3) is 5.23. The van der Waals surface area contributed by atoms with E-state index in [9.17, 15) is 19.8 Å². The van der Waals surface area contributed by atoms with Crippen molar-refractivity contribution in [1.29, 1.82) is 0 Å². The molecule has 2 N–H and O–H groups in total. The Bertz CT molecular complexity index is 757. The molecule has 0 saturated carbocycles. The topological polar surface area (TPSA) is 104 Å². The number of hydrogen-bond acceptors (Lipinski definition) is 4. The molecule has 1 heterocycles. The molecule has 1 amide bonds. The third-order valence-electron chi connectivity index (χ3n) is 3.90. The molecule has 0 bridgehead atoms. The van der Waals surface area contributed by atoms with Gasteiger partial charge in [-0.2, -0.15) is 0 Å². The standard InChI is InChI=1S/C18H21ClN2O5/c1-11(2)9-15(17(22)23)21(18(24)25)8-7-14-10-16(26-20-14)12-3-5-13(19)6-4-12/h3-6,10-11,15H,7-9H2,1-2H3,(H,22,23)(H,24,25). The van der Waals surface area contributed by atoms with Gasteiger partial charge in [0.25, 0.3) is 0 Å². The fourth-order valence-electron chi connectivity index (χ4n) is 2.61. The summed E-state index contributed by atoms with van der Waals surface area (Å²) >= 11 is 5.85. The molecule has 1 unspecified atom stereocenters. The number of aliphatic carboxylic acids is 1. The van der Waals surface area contributed by atoms with Crippen molar-refractivity contribution in [2.75, 3.05) is 6.54 Å². The molecule has 0 aliphatic rings. The summed E-state index contributed by atoms with van der Waals surface area (Å²) in [5.74, 6) is -0.555. The molecule has 26 heavy (non-hydrogen) atoms. The predicted octanol–water partition coefficient (Wildman–Crippen LogP) is 4.02. The molecule has 8 heteroatoms. The zero-order valence-corrected chi connectivity index (χ0v) is 15.3. The van der Waals surface area contributed by atoms with Crippen molar-refractivity contribution >= 4 is 23.7 Å². The molecule has 0 aliphatic heterocycles. The molecule has 0 fully saturated rings. The second kappa shape index (κ2) is 8.71. The summed E-state index contributed by atoms with van der Waals surface area (Å²) in [5, 5.41) is 23.3. The Balaban J connectivity index is 2.08. The van der Waals surface area contributed by atoms with Crippen LogP contribution in [-0.2, 0) is 11.2 Å². The number of halogens is 1. The molecule has 0 radical (unpaired) electrons. The Morgan fingerprint density at radius 3 is 2.42 bits per heavy atom. The van der Waals surface area contributed by atoms with Gasteiger partial charge in [0, 0.05) is 29.6 Å². The van der Waals surface area contributed by atoms with Gasteiger partial charge in [-0.25, -0.2) is 9.59 Å². The van der Waals surface area contributed by atoms with Crippen molar-refractivity contribution in [3.63, 3.8) is 0 Å². The van der Waals surface area contributed by atoms with E-state index in [-0.39, 0.29) is 25.3 Å². The monoisotopic (exact) mass is 380 g/mol. The molecule has 1 atom stereocenters. The van der Waals surface area contributed by atoms with E-state index < -0.39 is 18.1 Å². The minimum atomic E-state index is -1.26. The molecule has 0 spiro atoms. The van der Waals surface area contributed by atoms with Crippen LogP contribution in [0.5, 0.6) is 0 Å². The fourth-order valence-corrected chi connectivity index (χ4v) is 2.73. The smallest absolute Gasteiger partial charge is 0.408 e. The first-order valence-electron chi connectivity index (χ1n) is 8.21. The number of carboxylic acids is 1. The minimum Gasteiger partial charge on any atom is -0.480 e. The lowest BCUT2D eigenvalue weighted by atomic mass is 10.0. The lowest BCUT2D eigenvalue weighted by Gasteiger charge is -2.27. The highest BCUT2D eigenvalue weighted by molar-refractivity contribution is 6.30. The van der Waals surface area contributed by atoms with E-state index >= 15 is 0 Å². The number of aromatic nitrogens is 1. The highest BCUT2D eigenvalue weighted by Crippen LogP contribution is 2.23. The maximum absolute atomic E-state index is 11.5. The summed E-state index contributed by atoms with van der Waals surface area (Å²) in [5.41, 5.74) is 1.35. The van der Waals surface area contributed by atoms with Crippen molar-refractivity contribution in [2.24, 2.45) is 5.92 Å². The van der Waals surface area contributed by atoms with Crippen LogP contribution in [-0.4, -0.2) is 44.9 Å². The van der Waals surface area contributed by atoms with Crippen LogP contribution in [0.4, 0.5) is 4.79 Å². The van der Waals surface area contributed by atoms with Crippen molar-refractivity contribution in [3.8, 4) is 11.3 Å². The minimum absolute atomic E-state index is 0.0195. The van der Waals surface area contributed by atoms with Gasteiger partial charge >= 0.3 is 12.1 Å². The highest BCUT2D eigenvalue weighted by Gasteiger charge is 2.30. The first-order chi connectivity index (χ1) is 12.3. The third-order valence-corrected chi connectivity index (χ3v) is 4.15. The summed E-state index contributed by atoms with van der Waals surface area (Å²) < 4.78 is 5.28. The van der Waals surface area contributed by atoms with E-state index in [1.807, 2.05) is 13.8 Å². The summed E-state index contributed by atoms with van der Waals surface area (Å²) in [6.45, 7) is 3.73. The van der Waals surface area contributed by atoms with Gasteiger partial charge in [-0.3, -0.25) is 4.90 Å². The van der Waals surface area contributed by atoms with Crippen molar-refractivity contribution in [2.45, 2.75) is 32.7 Å². The molecule has 1 aromatic heterocycles. The van der Waals surface area contributed by atoms with E-state index in [4.69, 9.17) is 16.1 Å².